The molecule has 0 unspecified atom stereocenters. The number of hydrogen-bond donors (Lipinski definition) is 0. The first kappa shape index (κ1) is 30.0. The van der Waals surface area contributed by atoms with Crippen LogP contribution in [0.2, 0.25) is 5.02 Å². The third-order valence-electron chi connectivity index (χ3n) is 6.04. The van der Waals surface area contributed by atoms with Crippen LogP contribution in [0, 0.1) is 0 Å². The van der Waals surface area contributed by atoms with Gasteiger partial charge in [-0.2, -0.15) is 0 Å². The standard InChI is InChI=1S/C32H37ClO6/c1-3-5-7-9-22-36-25-18-20-27(21-19-25)38-31(34)24-14-16-26(17-15-24)39-32(35)28-12-11-13-29(30(28)33)37-23-10-8-6-4-2/h11-21H,3-10,22-23H2,1-2H3. The minimum atomic E-state index is -0.612. The fraction of sp³-hybridized carbons (Fsp3) is 0.375. The van der Waals surface area contributed by atoms with Crippen LogP contribution in [0.1, 0.15) is 85.9 Å². The van der Waals surface area contributed by atoms with Crippen molar-refractivity contribution in [2.75, 3.05) is 13.2 Å². The number of esters is 2. The summed E-state index contributed by atoms with van der Waals surface area (Å²) in [6.07, 6.45) is 8.87. The highest BCUT2D eigenvalue weighted by atomic mass is 35.5. The first-order valence-electron chi connectivity index (χ1n) is 13.7. The van der Waals surface area contributed by atoms with E-state index >= 15 is 0 Å². The Hall–Kier alpha value is -3.51. The molecule has 3 aromatic carbocycles. The van der Waals surface area contributed by atoms with E-state index in [1.54, 1.807) is 42.5 Å². The van der Waals surface area contributed by atoms with Crippen LogP contribution in [0.3, 0.4) is 0 Å². The molecule has 3 rings (SSSR count). The van der Waals surface area contributed by atoms with Crippen molar-refractivity contribution in [3.63, 3.8) is 0 Å². The van der Waals surface area contributed by atoms with Gasteiger partial charge in [-0.1, -0.05) is 70.0 Å². The first-order valence-corrected chi connectivity index (χ1v) is 14.1. The van der Waals surface area contributed by atoms with Gasteiger partial charge in [-0.3, -0.25) is 0 Å². The summed E-state index contributed by atoms with van der Waals surface area (Å²) >= 11 is 6.41. The van der Waals surface area contributed by atoms with Crippen LogP contribution < -0.4 is 18.9 Å². The van der Waals surface area contributed by atoms with Gasteiger partial charge in [0.1, 0.15) is 23.0 Å². The summed E-state index contributed by atoms with van der Waals surface area (Å²) in [5.41, 5.74) is 0.530. The van der Waals surface area contributed by atoms with E-state index in [4.69, 9.17) is 30.5 Å². The second kappa shape index (κ2) is 16.5. The Bertz CT molecular complexity index is 1170. The molecule has 0 N–H and O–H groups in total. The van der Waals surface area contributed by atoms with Crippen molar-refractivity contribution in [1.29, 1.82) is 0 Å². The second-order valence-corrected chi connectivity index (χ2v) is 9.59. The van der Waals surface area contributed by atoms with Gasteiger partial charge < -0.3 is 18.9 Å². The maximum Gasteiger partial charge on any atom is 0.345 e. The molecule has 3 aromatic rings. The molecule has 0 radical (unpaired) electrons. The maximum absolute atomic E-state index is 12.7. The van der Waals surface area contributed by atoms with Gasteiger partial charge in [-0.05, 0) is 73.5 Å². The largest absolute Gasteiger partial charge is 0.494 e. The normalized spacial score (nSPS) is 10.6. The highest BCUT2D eigenvalue weighted by molar-refractivity contribution is 6.35. The predicted octanol–water partition coefficient (Wildman–Crippen LogP) is 8.70. The van der Waals surface area contributed by atoms with Crippen molar-refractivity contribution >= 4 is 23.5 Å². The molecule has 0 aliphatic carbocycles. The molecule has 0 fully saturated rings. The van der Waals surface area contributed by atoms with E-state index in [9.17, 15) is 9.59 Å². The molecule has 0 aliphatic heterocycles. The Morgan fingerprint density at radius 3 is 1.77 bits per heavy atom. The number of unbranched alkanes of at least 4 members (excludes halogenated alkanes) is 6. The Morgan fingerprint density at radius 1 is 0.615 bits per heavy atom. The average molecular weight is 553 g/mol. The third kappa shape index (κ3) is 9.95. The molecule has 0 spiro atoms. The zero-order valence-corrected chi connectivity index (χ0v) is 23.5. The van der Waals surface area contributed by atoms with Gasteiger partial charge in [-0.15, -0.1) is 0 Å². The van der Waals surface area contributed by atoms with Crippen LogP contribution in [-0.2, 0) is 0 Å². The second-order valence-electron chi connectivity index (χ2n) is 9.21. The number of benzene rings is 3. The van der Waals surface area contributed by atoms with Crippen molar-refractivity contribution in [2.45, 2.75) is 65.2 Å². The van der Waals surface area contributed by atoms with E-state index < -0.39 is 11.9 Å². The minimum Gasteiger partial charge on any atom is -0.494 e. The van der Waals surface area contributed by atoms with Crippen LogP contribution in [0.25, 0.3) is 0 Å². The minimum absolute atomic E-state index is 0.208. The highest BCUT2D eigenvalue weighted by Gasteiger charge is 2.17. The molecule has 39 heavy (non-hydrogen) atoms. The Kier molecular flexibility index (Phi) is 12.7. The molecule has 0 atom stereocenters. The van der Waals surface area contributed by atoms with Gasteiger partial charge in [0.25, 0.3) is 0 Å². The molecule has 7 heteroatoms. The van der Waals surface area contributed by atoms with Gasteiger partial charge >= 0.3 is 11.9 Å². The number of carbonyl (C=O) groups excluding carboxylic acids is 2. The van der Waals surface area contributed by atoms with Crippen LogP contribution >= 0.6 is 11.6 Å². The molecular formula is C32H37ClO6. The lowest BCUT2D eigenvalue weighted by atomic mass is 10.2. The van der Waals surface area contributed by atoms with Crippen molar-refractivity contribution in [3.05, 3.63) is 82.9 Å². The molecule has 0 saturated heterocycles. The van der Waals surface area contributed by atoms with Crippen molar-refractivity contribution in [2.24, 2.45) is 0 Å². The zero-order valence-electron chi connectivity index (χ0n) is 22.7. The summed E-state index contributed by atoms with van der Waals surface area (Å²) in [7, 11) is 0. The number of hydrogen-bond acceptors (Lipinski definition) is 6. The summed E-state index contributed by atoms with van der Waals surface area (Å²) in [4.78, 5) is 25.3. The lowest BCUT2D eigenvalue weighted by Crippen LogP contribution is -2.11. The van der Waals surface area contributed by atoms with Crippen LogP contribution in [0.4, 0.5) is 0 Å². The smallest absolute Gasteiger partial charge is 0.345 e. The molecule has 0 aliphatic rings. The van der Waals surface area contributed by atoms with Gasteiger partial charge in [0.15, 0.2) is 0 Å². The lowest BCUT2D eigenvalue weighted by Gasteiger charge is -2.11. The molecule has 0 heterocycles. The monoisotopic (exact) mass is 552 g/mol. The van der Waals surface area contributed by atoms with E-state index in [2.05, 4.69) is 13.8 Å². The maximum atomic E-state index is 12.7. The van der Waals surface area contributed by atoms with E-state index in [0.29, 0.717) is 30.3 Å². The van der Waals surface area contributed by atoms with Gasteiger partial charge in [0.2, 0.25) is 0 Å². The summed E-state index contributed by atoms with van der Waals surface area (Å²) < 4.78 is 22.4. The Balaban J connectivity index is 1.50. The zero-order chi connectivity index (χ0) is 27.9. The molecule has 0 aromatic heterocycles. The quantitative estimate of drug-likeness (QED) is 0.100. The topological polar surface area (TPSA) is 71.1 Å². The molecule has 0 saturated carbocycles. The molecule has 0 bridgehead atoms. The third-order valence-corrected chi connectivity index (χ3v) is 6.43. The number of halogens is 1. The van der Waals surface area contributed by atoms with E-state index in [0.717, 1.165) is 44.3 Å². The molecule has 6 nitrogen and oxygen atoms in total. The molecule has 208 valence electrons. The van der Waals surface area contributed by atoms with Crippen molar-refractivity contribution < 1.29 is 28.5 Å². The SMILES string of the molecule is CCCCCCOc1ccc(OC(=O)c2ccc(OC(=O)c3cccc(OCCCCCC)c3Cl)cc2)cc1. The number of carbonyl (C=O) groups is 2. The van der Waals surface area contributed by atoms with Crippen LogP contribution in [0.15, 0.2) is 66.7 Å². The first-order chi connectivity index (χ1) is 19.0. The van der Waals surface area contributed by atoms with Crippen molar-refractivity contribution in [1.82, 2.24) is 0 Å². The van der Waals surface area contributed by atoms with Crippen LogP contribution in [-0.4, -0.2) is 25.2 Å². The van der Waals surface area contributed by atoms with Gasteiger partial charge in [-0.25, -0.2) is 9.59 Å². The van der Waals surface area contributed by atoms with E-state index in [-0.39, 0.29) is 16.3 Å². The van der Waals surface area contributed by atoms with Gasteiger partial charge in [0.05, 0.1) is 29.4 Å². The summed E-state index contributed by atoms with van der Waals surface area (Å²) in [6.45, 7) is 5.53. The summed E-state index contributed by atoms with van der Waals surface area (Å²) in [6, 6.07) is 18.1. The van der Waals surface area contributed by atoms with E-state index in [1.165, 1.54) is 37.1 Å². The summed E-state index contributed by atoms with van der Waals surface area (Å²) in [5.74, 6) is 0.746. The van der Waals surface area contributed by atoms with Crippen molar-refractivity contribution in [3.8, 4) is 23.0 Å². The molecular weight excluding hydrogens is 516 g/mol. The fourth-order valence-electron chi connectivity index (χ4n) is 3.80. The summed E-state index contributed by atoms with van der Waals surface area (Å²) in [5, 5.41) is 0.214. The van der Waals surface area contributed by atoms with Gasteiger partial charge in [0, 0.05) is 0 Å². The number of ether oxygens (including phenoxy) is 4. The lowest BCUT2D eigenvalue weighted by molar-refractivity contribution is 0.0730. The Morgan fingerprint density at radius 2 is 1.15 bits per heavy atom. The molecule has 0 amide bonds. The van der Waals surface area contributed by atoms with E-state index in [1.807, 2.05) is 0 Å². The highest BCUT2D eigenvalue weighted by Crippen LogP contribution is 2.29. The fourth-order valence-corrected chi connectivity index (χ4v) is 4.06. The Labute approximate surface area is 236 Å². The average Bonchev–Trinajstić information content (AvgIpc) is 2.95. The van der Waals surface area contributed by atoms with Crippen LogP contribution in [0.5, 0.6) is 23.0 Å². The predicted molar refractivity (Wildman–Crippen MR) is 154 cm³/mol. The number of rotatable bonds is 16.